The van der Waals surface area contributed by atoms with Gasteiger partial charge in [0.15, 0.2) is 0 Å². The lowest BCUT2D eigenvalue weighted by atomic mass is 9.88. The Morgan fingerprint density at radius 1 is 1.03 bits per heavy atom. The topological polar surface area (TPSA) is 28.5 Å². The molecule has 2 heterocycles. The molecule has 1 aliphatic heterocycles. The molecule has 3 aromatic rings. The standard InChI is InChI=1S/C28H34FN3O/c1-21(2)16-32(28(33)23-8-5-4-6-9-23)18-24-17-31(19-26-10-7-15-30(26)3)20-27(24)22-11-13-25(29)14-12-22/h4-15,21,24,27H,16-20H2,1-3H3/t24-,27+/m0/s1. The number of carbonyl (C=O) groups is 1. The van der Waals surface area contributed by atoms with E-state index in [2.05, 4.69) is 48.7 Å². The summed E-state index contributed by atoms with van der Waals surface area (Å²) in [4.78, 5) is 17.9. The van der Waals surface area contributed by atoms with Gasteiger partial charge in [0.25, 0.3) is 5.91 Å². The van der Waals surface area contributed by atoms with Crippen LogP contribution in [-0.4, -0.2) is 46.5 Å². The van der Waals surface area contributed by atoms with Crippen LogP contribution in [0.1, 0.15) is 41.4 Å². The molecule has 0 bridgehead atoms. The zero-order valence-corrected chi connectivity index (χ0v) is 19.8. The van der Waals surface area contributed by atoms with Crippen LogP contribution in [0.4, 0.5) is 4.39 Å². The monoisotopic (exact) mass is 447 g/mol. The predicted molar refractivity (Wildman–Crippen MR) is 131 cm³/mol. The molecular formula is C28H34FN3O. The zero-order valence-electron chi connectivity index (χ0n) is 19.8. The number of aromatic nitrogens is 1. The number of rotatable bonds is 8. The van der Waals surface area contributed by atoms with Crippen LogP contribution < -0.4 is 0 Å². The Morgan fingerprint density at radius 3 is 2.39 bits per heavy atom. The van der Waals surface area contributed by atoms with Crippen LogP contribution in [0.15, 0.2) is 72.9 Å². The molecule has 2 aromatic carbocycles. The van der Waals surface area contributed by atoms with Crippen molar-refractivity contribution >= 4 is 5.91 Å². The van der Waals surface area contributed by atoms with Crippen molar-refractivity contribution in [2.75, 3.05) is 26.2 Å². The van der Waals surface area contributed by atoms with E-state index < -0.39 is 0 Å². The molecule has 4 nitrogen and oxygen atoms in total. The summed E-state index contributed by atoms with van der Waals surface area (Å²) in [5.41, 5.74) is 3.15. The Labute approximate surface area is 196 Å². The maximum atomic E-state index is 13.6. The third kappa shape index (κ3) is 5.72. The first kappa shape index (κ1) is 23.2. The van der Waals surface area contributed by atoms with Gasteiger partial charge in [-0.05, 0) is 53.8 Å². The molecule has 0 aliphatic carbocycles. The van der Waals surface area contributed by atoms with Crippen LogP contribution in [-0.2, 0) is 13.6 Å². The Balaban J connectivity index is 1.58. The van der Waals surface area contributed by atoms with Gasteiger partial charge in [0.05, 0.1) is 0 Å². The fraction of sp³-hybridized carbons (Fsp3) is 0.393. The first-order valence-electron chi connectivity index (χ1n) is 11.8. The maximum Gasteiger partial charge on any atom is 0.253 e. The van der Waals surface area contributed by atoms with Crippen LogP contribution in [0.25, 0.3) is 0 Å². The average Bonchev–Trinajstić information content (AvgIpc) is 3.39. The molecular weight excluding hydrogens is 413 g/mol. The lowest BCUT2D eigenvalue weighted by Gasteiger charge is -2.30. The Morgan fingerprint density at radius 2 is 1.76 bits per heavy atom. The minimum Gasteiger partial charge on any atom is -0.353 e. The third-order valence-electron chi connectivity index (χ3n) is 6.60. The number of aryl methyl sites for hydroxylation is 1. The lowest BCUT2D eigenvalue weighted by Crippen LogP contribution is -2.39. The Hall–Kier alpha value is -2.92. The molecule has 1 aliphatic rings. The molecule has 0 unspecified atom stereocenters. The molecule has 0 radical (unpaired) electrons. The second-order valence-electron chi connectivity index (χ2n) is 9.69. The van der Waals surface area contributed by atoms with Gasteiger partial charge in [0, 0.05) is 63.1 Å². The summed E-state index contributed by atoms with van der Waals surface area (Å²) in [7, 11) is 2.07. The normalized spacial score (nSPS) is 18.7. The summed E-state index contributed by atoms with van der Waals surface area (Å²) >= 11 is 0. The van der Waals surface area contributed by atoms with E-state index in [1.165, 1.54) is 5.69 Å². The summed E-state index contributed by atoms with van der Waals surface area (Å²) < 4.78 is 15.8. The summed E-state index contributed by atoms with van der Waals surface area (Å²) in [6.07, 6.45) is 2.07. The van der Waals surface area contributed by atoms with Crippen LogP contribution >= 0.6 is 0 Å². The number of nitrogens with zero attached hydrogens (tertiary/aromatic N) is 3. The van der Waals surface area contributed by atoms with Gasteiger partial charge in [-0.3, -0.25) is 9.69 Å². The summed E-state index contributed by atoms with van der Waals surface area (Å²) in [6.45, 7) is 8.39. The highest BCUT2D eigenvalue weighted by atomic mass is 19.1. The van der Waals surface area contributed by atoms with Crippen molar-refractivity contribution in [1.82, 2.24) is 14.4 Å². The van der Waals surface area contributed by atoms with Gasteiger partial charge in [-0.15, -0.1) is 0 Å². The molecule has 0 N–H and O–H groups in total. The summed E-state index contributed by atoms with van der Waals surface area (Å²) in [5.74, 6) is 0.784. The van der Waals surface area contributed by atoms with Crippen molar-refractivity contribution in [3.05, 3.63) is 95.6 Å². The van der Waals surface area contributed by atoms with Crippen molar-refractivity contribution < 1.29 is 9.18 Å². The van der Waals surface area contributed by atoms with Gasteiger partial charge in [-0.2, -0.15) is 0 Å². The third-order valence-corrected chi connectivity index (χ3v) is 6.60. The molecule has 0 spiro atoms. The number of hydrogen-bond donors (Lipinski definition) is 0. The van der Waals surface area contributed by atoms with E-state index in [1.807, 2.05) is 47.4 Å². The molecule has 1 amide bonds. The van der Waals surface area contributed by atoms with Crippen LogP contribution in [0.3, 0.4) is 0 Å². The molecule has 1 aromatic heterocycles. The molecule has 1 saturated heterocycles. The van der Waals surface area contributed by atoms with Crippen molar-refractivity contribution in [2.45, 2.75) is 26.3 Å². The smallest absolute Gasteiger partial charge is 0.253 e. The number of carbonyl (C=O) groups excluding carboxylic acids is 1. The molecule has 4 rings (SSSR count). The van der Waals surface area contributed by atoms with Gasteiger partial charge in [0.1, 0.15) is 5.82 Å². The number of benzene rings is 2. The Bertz CT molecular complexity index is 1040. The second kappa shape index (κ2) is 10.3. The second-order valence-corrected chi connectivity index (χ2v) is 9.69. The minimum absolute atomic E-state index is 0.0861. The van der Waals surface area contributed by atoms with Crippen molar-refractivity contribution in [3.63, 3.8) is 0 Å². The number of likely N-dealkylation sites (tertiary alicyclic amines) is 1. The van der Waals surface area contributed by atoms with E-state index in [0.717, 1.165) is 37.3 Å². The fourth-order valence-corrected chi connectivity index (χ4v) is 4.98. The van der Waals surface area contributed by atoms with Gasteiger partial charge < -0.3 is 9.47 Å². The average molecular weight is 448 g/mol. The quantitative estimate of drug-likeness (QED) is 0.476. The molecule has 5 heteroatoms. The van der Waals surface area contributed by atoms with Gasteiger partial charge in [-0.25, -0.2) is 4.39 Å². The highest BCUT2D eigenvalue weighted by Crippen LogP contribution is 2.34. The number of amides is 1. The van der Waals surface area contributed by atoms with Crippen LogP contribution in [0.5, 0.6) is 0 Å². The highest BCUT2D eigenvalue weighted by molar-refractivity contribution is 5.94. The van der Waals surface area contributed by atoms with Crippen molar-refractivity contribution in [1.29, 1.82) is 0 Å². The van der Waals surface area contributed by atoms with E-state index in [9.17, 15) is 9.18 Å². The molecule has 0 saturated carbocycles. The molecule has 174 valence electrons. The number of halogens is 1. The van der Waals surface area contributed by atoms with Crippen LogP contribution in [0.2, 0.25) is 0 Å². The highest BCUT2D eigenvalue weighted by Gasteiger charge is 2.36. The van der Waals surface area contributed by atoms with E-state index in [0.29, 0.717) is 12.5 Å². The maximum absolute atomic E-state index is 13.6. The predicted octanol–water partition coefficient (Wildman–Crippen LogP) is 5.18. The van der Waals surface area contributed by atoms with Gasteiger partial charge in [-0.1, -0.05) is 44.2 Å². The molecule has 2 atom stereocenters. The molecule has 1 fully saturated rings. The number of hydrogen-bond acceptors (Lipinski definition) is 2. The summed E-state index contributed by atoms with van der Waals surface area (Å²) in [5, 5.41) is 0. The Kier molecular flexibility index (Phi) is 7.29. The SMILES string of the molecule is CC(C)CN(C[C@@H]1CN(Cc2cccn2C)C[C@@H]1c1ccc(F)cc1)C(=O)c1ccccc1. The zero-order chi connectivity index (χ0) is 23.4. The van der Waals surface area contributed by atoms with E-state index in [1.54, 1.807) is 12.1 Å². The minimum atomic E-state index is -0.213. The lowest BCUT2D eigenvalue weighted by molar-refractivity contribution is 0.0703. The summed E-state index contributed by atoms with van der Waals surface area (Å²) in [6, 6.07) is 20.7. The van der Waals surface area contributed by atoms with Gasteiger partial charge in [0.2, 0.25) is 0 Å². The van der Waals surface area contributed by atoms with Crippen LogP contribution in [0, 0.1) is 17.7 Å². The van der Waals surface area contributed by atoms with Crippen molar-refractivity contribution in [2.24, 2.45) is 18.9 Å². The van der Waals surface area contributed by atoms with E-state index in [-0.39, 0.29) is 23.6 Å². The van der Waals surface area contributed by atoms with Crippen molar-refractivity contribution in [3.8, 4) is 0 Å². The fourth-order valence-electron chi connectivity index (χ4n) is 4.98. The largest absolute Gasteiger partial charge is 0.353 e. The van der Waals surface area contributed by atoms with E-state index >= 15 is 0 Å². The first-order valence-corrected chi connectivity index (χ1v) is 11.8. The first-order chi connectivity index (χ1) is 15.9. The molecule has 33 heavy (non-hydrogen) atoms. The van der Waals surface area contributed by atoms with E-state index in [4.69, 9.17) is 0 Å². The van der Waals surface area contributed by atoms with Gasteiger partial charge >= 0.3 is 0 Å².